The Hall–Kier alpha value is 0.240. The largest absolute Gasteiger partial charge is 0.507 e. The van der Waals surface area contributed by atoms with Crippen LogP contribution >= 0.6 is 79.6 Å². The summed E-state index contributed by atoms with van der Waals surface area (Å²) in [7, 11) is 0. The van der Waals surface area contributed by atoms with Crippen LogP contribution in [0.2, 0.25) is 0 Å². The van der Waals surface area contributed by atoms with E-state index in [1.165, 1.54) is 0 Å². The fraction of sp³-hybridized carbons (Fsp3) is 0.143. The molecule has 0 fully saturated rings. The molecular formula is C14H9Br5O3. The van der Waals surface area contributed by atoms with Gasteiger partial charge in [-0.25, -0.2) is 0 Å². The van der Waals surface area contributed by atoms with E-state index in [1.54, 1.807) is 12.1 Å². The molecule has 0 bridgehead atoms. The molecule has 2 rings (SSSR count). The maximum absolute atomic E-state index is 9.66. The predicted molar refractivity (Wildman–Crippen MR) is 104 cm³/mol. The fourth-order valence-corrected chi connectivity index (χ4v) is 5.27. The van der Waals surface area contributed by atoms with Gasteiger partial charge in [-0.05, 0) is 88.0 Å². The summed E-state index contributed by atoms with van der Waals surface area (Å²) in [5.74, 6) is 1.37. The van der Waals surface area contributed by atoms with Gasteiger partial charge in [-0.1, -0.05) is 15.9 Å². The van der Waals surface area contributed by atoms with Gasteiger partial charge >= 0.3 is 0 Å². The third-order valence-corrected chi connectivity index (χ3v) is 5.59. The predicted octanol–water partition coefficient (Wildman–Crippen LogP) is 6.66. The van der Waals surface area contributed by atoms with E-state index < -0.39 is 0 Å². The van der Waals surface area contributed by atoms with E-state index in [4.69, 9.17) is 9.47 Å². The van der Waals surface area contributed by atoms with Crippen LogP contribution in [0.4, 0.5) is 0 Å². The number of rotatable bonds is 5. The minimum atomic E-state index is 0.123. The van der Waals surface area contributed by atoms with Crippen LogP contribution in [0.15, 0.2) is 46.6 Å². The molecule has 2 aromatic rings. The maximum Gasteiger partial charge on any atom is 0.151 e. The lowest BCUT2D eigenvalue weighted by Crippen LogP contribution is -2.10. The van der Waals surface area contributed by atoms with Gasteiger partial charge in [0.25, 0.3) is 0 Å². The van der Waals surface area contributed by atoms with Crippen LogP contribution < -0.4 is 9.47 Å². The molecule has 3 nitrogen and oxygen atoms in total. The van der Waals surface area contributed by atoms with Crippen molar-refractivity contribution in [2.75, 3.05) is 13.2 Å². The first kappa shape index (κ1) is 18.6. The van der Waals surface area contributed by atoms with E-state index in [1.807, 2.05) is 12.1 Å². The topological polar surface area (TPSA) is 38.7 Å². The molecule has 22 heavy (non-hydrogen) atoms. The van der Waals surface area contributed by atoms with Gasteiger partial charge in [0.1, 0.15) is 29.2 Å². The molecule has 8 heteroatoms. The Morgan fingerprint density at radius 3 is 1.91 bits per heavy atom. The lowest BCUT2D eigenvalue weighted by Gasteiger charge is -2.13. The van der Waals surface area contributed by atoms with E-state index in [9.17, 15) is 5.11 Å². The molecule has 1 N–H and O–H groups in total. The highest BCUT2D eigenvalue weighted by Gasteiger charge is 2.12. The van der Waals surface area contributed by atoms with Gasteiger partial charge in [0.2, 0.25) is 0 Å². The molecule has 0 aliphatic carbocycles. The number of hydrogen-bond acceptors (Lipinski definition) is 3. The highest BCUT2D eigenvalue weighted by Crippen LogP contribution is 2.39. The number of phenols is 1. The Labute approximate surface area is 170 Å². The molecule has 0 aromatic heterocycles. The second-order valence-corrected chi connectivity index (χ2v) is 8.38. The van der Waals surface area contributed by atoms with Crippen molar-refractivity contribution in [3.63, 3.8) is 0 Å². The monoisotopic (exact) mass is 620 g/mol. The number of hydrogen-bond donors (Lipinski definition) is 1. The molecule has 0 spiro atoms. The fourth-order valence-electron chi connectivity index (χ4n) is 1.61. The molecule has 2 aromatic carbocycles. The van der Waals surface area contributed by atoms with E-state index >= 15 is 0 Å². The first-order valence-electron chi connectivity index (χ1n) is 5.97. The number of benzene rings is 2. The number of phenolic OH excluding ortho intramolecular Hbond substituents is 1. The minimum Gasteiger partial charge on any atom is -0.507 e. The first-order chi connectivity index (χ1) is 10.4. The molecule has 0 amide bonds. The highest BCUT2D eigenvalue weighted by atomic mass is 79.9. The molecule has 0 atom stereocenters. The van der Waals surface area contributed by atoms with Crippen molar-refractivity contribution in [1.82, 2.24) is 0 Å². The minimum absolute atomic E-state index is 0.123. The Bertz CT molecular complexity index is 667. The molecule has 0 radical (unpaired) electrons. The number of aromatic hydroxyl groups is 1. The zero-order valence-corrected chi connectivity index (χ0v) is 18.8. The Morgan fingerprint density at radius 2 is 1.32 bits per heavy atom. The second kappa shape index (κ2) is 8.37. The normalized spacial score (nSPS) is 10.6. The lowest BCUT2D eigenvalue weighted by molar-refractivity contribution is 0.213. The summed E-state index contributed by atoms with van der Waals surface area (Å²) in [6.07, 6.45) is 0. The molecule has 0 unspecified atom stereocenters. The summed E-state index contributed by atoms with van der Waals surface area (Å²) in [6, 6.07) is 7.11. The molecule has 0 aliphatic heterocycles. The third kappa shape index (κ3) is 4.63. The van der Waals surface area contributed by atoms with Crippen molar-refractivity contribution in [2.24, 2.45) is 0 Å². The average molecular weight is 625 g/mol. The van der Waals surface area contributed by atoms with Crippen LogP contribution in [0.5, 0.6) is 17.2 Å². The van der Waals surface area contributed by atoms with Crippen LogP contribution in [0.3, 0.4) is 0 Å². The van der Waals surface area contributed by atoms with E-state index in [2.05, 4.69) is 79.6 Å². The maximum atomic E-state index is 9.66. The van der Waals surface area contributed by atoms with Crippen LogP contribution in [0.25, 0.3) is 0 Å². The van der Waals surface area contributed by atoms with Gasteiger partial charge in [0.05, 0.1) is 13.4 Å². The van der Waals surface area contributed by atoms with E-state index in [0.29, 0.717) is 29.2 Å². The molecule has 0 saturated carbocycles. The van der Waals surface area contributed by atoms with Crippen molar-refractivity contribution >= 4 is 79.6 Å². The summed E-state index contributed by atoms with van der Waals surface area (Å²) < 4.78 is 15.3. The van der Waals surface area contributed by atoms with Gasteiger partial charge in [-0.3, -0.25) is 0 Å². The summed E-state index contributed by atoms with van der Waals surface area (Å²) >= 11 is 17.0. The third-order valence-electron chi connectivity index (χ3n) is 2.57. The van der Waals surface area contributed by atoms with Crippen LogP contribution in [-0.4, -0.2) is 18.3 Å². The Kier molecular flexibility index (Phi) is 7.07. The summed E-state index contributed by atoms with van der Waals surface area (Å²) in [5.41, 5.74) is 0. The van der Waals surface area contributed by atoms with Crippen molar-refractivity contribution in [3.05, 3.63) is 46.6 Å². The standard InChI is InChI=1S/C14H9Br5O3/c15-7-5-9(17)13(10(18)6-7)21-3-4-22-14-8(16)1-2-11(20)12(14)19/h1-2,5-6,20H,3-4H2. The van der Waals surface area contributed by atoms with Crippen molar-refractivity contribution in [1.29, 1.82) is 0 Å². The quantitative estimate of drug-likeness (QED) is 0.378. The first-order valence-corrected chi connectivity index (χ1v) is 9.93. The smallest absolute Gasteiger partial charge is 0.151 e. The van der Waals surface area contributed by atoms with Gasteiger partial charge in [-0.2, -0.15) is 0 Å². The van der Waals surface area contributed by atoms with Gasteiger partial charge < -0.3 is 14.6 Å². The summed E-state index contributed by atoms with van der Waals surface area (Å²) in [4.78, 5) is 0. The van der Waals surface area contributed by atoms with Crippen molar-refractivity contribution < 1.29 is 14.6 Å². The number of halogens is 5. The molecular weight excluding hydrogens is 616 g/mol. The van der Waals surface area contributed by atoms with Crippen molar-refractivity contribution in [3.8, 4) is 17.2 Å². The zero-order chi connectivity index (χ0) is 16.3. The Balaban J connectivity index is 1.98. The van der Waals surface area contributed by atoms with E-state index in [-0.39, 0.29) is 5.75 Å². The van der Waals surface area contributed by atoms with Crippen LogP contribution in [0.1, 0.15) is 0 Å². The SMILES string of the molecule is Oc1ccc(Br)c(OCCOc2c(Br)cc(Br)cc2Br)c1Br. The molecule has 0 saturated heterocycles. The van der Waals surface area contributed by atoms with Crippen molar-refractivity contribution in [2.45, 2.75) is 0 Å². The Morgan fingerprint density at radius 1 is 0.773 bits per heavy atom. The highest BCUT2D eigenvalue weighted by molar-refractivity contribution is 9.12. The van der Waals surface area contributed by atoms with Crippen LogP contribution in [0, 0.1) is 0 Å². The molecule has 118 valence electrons. The van der Waals surface area contributed by atoms with Gasteiger partial charge in [0, 0.05) is 4.47 Å². The summed E-state index contributed by atoms with van der Waals surface area (Å²) in [5, 5.41) is 9.66. The average Bonchev–Trinajstić information content (AvgIpc) is 2.44. The van der Waals surface area contributed by atoms with Gasteiger partial charge in [0.15, 0.2) is 5.75 Å². The molecule has 0 aliphatic rings. The van der Waals surface area contributed by atoms with E-state index in [0.717, 1.165) is 17.9 Å². The van der Waals surface area contributed by atoms with Gasteiger partial charge in [-0.15, -0.1) is 0 Å². The zero-order valence-electron chi connectivity index (χ0n) is 10.9. The lowest BCUT2D eigenvalue weighted by atomic mass is 10.3. The second-order valence-electron chi connectivity index (χ2n) is 4.11. The van der Waals surface area contributed by atoms with Crippen LogP contribution in [-0.2, 0) is 0 Å². The summed E-state index contributed by atoms with van der Waals surface area (Å²) in [6.45, 7) is 0.683. The number of ether oxygens (including phenoxy) is 2. The molecule has 0 heterocycles.